The molecule has 0 unspecified atom stereocenters. The number of hydrogen-bond acceptors (Lipinski definition) is 3. The van der Waals surface area contributed by atoms with Crippen LogP contribution in [0, 0.1) is 0 Å². The van der Waals surface area contributed by atoms with Crippen molar-refractivity contribution >= 4 is 17.4 Å². The van der Waals surface area contributed by atoms with Gasteiger partial charge in [0.15, 0.2) is 11.6 Å². The first kappa shape index (κ1) is 9.65. The molecule has 3 aromatic rings. The number of pyridine rings is 1. The molecule has 0 spiro atoms. The van der Waals surface area contributed by atoms with E-state index in [1.165, 1.54) is 6.26 Å². The average molecular weight is 227 g/mol. The average Bonchev–Trinajstić information content (AvgIpc) is 2.97. The normalized spacial score (nSPS) is 10.6. The summed E-state index contributed by atoms with van der Waals surface area (Å²) < 4.78 is 6.83. The van der Waals surface area contributed by atoms with E-state index in [1.54, 1.807) is 18.3 Å². The lowest BCUT2D eigenvalue weighted by molar-refractivity contribution is 0.0996. The van der Waals surface area contributed by atoms with Gasteiger partial charge in [-0.25, -0.2) is 4.98 Å². The Balaban J connectivity index is 1.88. The molecule has 0 aliphatic heterocycles. The summed E-state index contributed by atoms with van der Waals surface area (Å²) in [5, 5.41) is 2.67. The molecule has 17 heavy (non-hydrogen) atoms. The summed E-state index contributed by atoms with van der Waals surface area (Å²) in [5.74, 6) is 0.457. The van der Waals surface area contributed by atoms with Crippen LogP contribution in [0.3, 0.4) is 0 Å². The number of hydrogen-bond donors (Lipinski definition) is 1. The van der Waals surface area contributed by atoms with Crippen LogP contribution >= 0.6 is 0 Å². The van der Waals surface area contributed by atoms with Crippen molar-refractivity contribution in [3.63, 3.8) is 0 Å². The van der Waals surface area contributed by atoms with Crippen LogP contribution in [0.4, 0.5) is 5.82 Å². The third kappa shape index (κ3) is 1.78. The summed E-state index contributed by atoms with van der Waals surface area (Å²) in [4.78, 5) is 15.9. The van der Waals surface area contributed by atoms with Crippen molar-refractivity contribution in [2.45, 2.75) is 0 Å². The standard InChI is InChI=1S/C12H9N3O2/c16-12(9-4-3-7-17-9)14-10-8-15-6-2-1-5-11(15)13-10/h1-8H,(H,14,16). The maximum Gasteiger partial charge on any atom is 0.292 e. The second kappa shape index (κ2) is 3.79. The van der Waals surface area contributed by atoms with Crippen molar-refractivity contribution in [1.82, 2.24) is 9.38 Å². The highest BCUT2D eigenvalue weighted by molar-refractivity contribution is 6.01. The highest BCUT2D eigenvalue weighted by Crippen LogP contribution is 2.10. The summed E-state index contributed by atoms with van der Waals surface area (Å²) in [6, 6.07) is 8.92. The first-order chi connectivity index (χ1) is 8.33. The molecular formula is C12H9N3O2. The number of nitrogens with zero attached hydrogens (tertiary/aromatic N) is 2. The van der Waals surface area contributed by atoms with Crippen LogP contribution in [-0.2, 0) is 0 Å². The quantitative estimate of drug-likeness (QED) is 0.729. The predicted molar refractivity (Wildman–Crippen MR) is 61.9 cm³/mol. The number of rotatable bonds is 2. The van der Waals surface area contributed by atoms with Gasteiger partial charge >= 0.3 is 0 Å². The molecule has 0 bridgehead atoms. The maximum atomic E-state index is 11.7. The number of amides is 1. The van der Waals surface area contributed by atoms with Gasteiger partial charge in [-0.05, 0) is 24.3 Å². The fraction of sp³-hybridized carbons (Fsp3) is 0. The van der Waals surface area contributed by atoms with Gasteiger partial charge in [0, 0.05) is 6.20 Å². The smallest absolute Gasteiger partial charge is 0.292 e. The minimum absolute atomic E-state index is 0.266. The molecule has 3 aromatic heterocycles. The van der Waals surface area contributed by atoms with Crippen LogP contribution < -0.4 is 5.32 Å². The molecule has 0 aromatic carbocycles. The molecular weight excluding hydrogens is 218 g/mol. The number of carbonyl (C=O) groups is 1. The molecule has 3 rings (SSSR count). The molecule has 0 radical (unpaired) electrons. The Labute approximate surface area is 96.7 Å². The van der Waals surface area contributed by atoms with Crippen LogP contribution in [0.2, 0.25) is 0 Å². The Hall–Kier alpha value is -2.56. The van der Waals surface area contributed by atoms with Gasteiger partial charge < -0.3 is 14.1 Å². The van der Waals surface area contributed by atoms with Crippen molar-refractivity contribution in [3.05, 3.63) is 54.7 Å². The highest BCUT2D eigenvalue weighted by Gasteiger charge is 2.10. The van der Waals surface area contributed by atoms with Gasteiger partial charge in [-0.1, -0.05) is 6.07 Å². The molecule has 84 valence electrons. The zero-order valence-electron chi connectivity index (χ0n) is 8.83. The van der Waals surface area contributed by atoms with Crippen molar-refractivity contribution < 1.29 is 9.21 Å². The minimum Gasteiger partial charge on any atom is -0.459 e. The Bertz CT molecular complexity index is 622. The summed E-state index contributed by atoms with van der Waals surface area (Å²) in [7, 11) is 0. The lowest BCUT2D eigenvalue weighted by Crippen LogP contribution is -2.10. The van der Waals surface area contributed by atoms with Crippen molar-refractivity contribution in [3.8, 4) is 0 Å². The van der Waals surface area contributed by atoms with Crippen LogP contribution in [0.5, 0.6) is 0 Å². The number of imidazole rings is 1. The lowest BCUT2D eigenvalue weighted by atomic mass is 10.4. The Morgan fingerprint density at radius 3 is 3.00 bits per heavy atom. The Morgan fingerprint density at radius 1 is 1.29 bits per heavy atom. The molecule has 5 heteroatoms. The van der Waals surface area contributed by atoms with E-state index >= 15 is 0 Å². The third-order valence-electron chi connectivity index (χ3n) is 2.35. The second-order valence-corrected chi connectivity index (χ2v) is 3.52. The molecule has 5 nitrogen and oxygen atoms in total. The number of aromatic nitrogens is 2. The number of furan rings is 1. The van der Waals surface area contributed by atoms with Crippen LogP contribution in [0.25, 0.3) is 5.65 Å². The summed E-state index contributed by atoms with van der Waals surface area (Å²) >= 11 is 0. The van der Waals surface area contributed by atoms with Gasteiger partial charge in [0.25, 0.3) is 5.91 Å². The first-order valence-corrected chi connectivity index (χ1v) is 5.11. The number of carbonyl (C=O) groups excluding carboxylic acids is 1. The van der Waals surface area contributed by atoms with Crippen LogP contribution in [-0.4, -0.2) is 15.3 Å². The third-order valence-corrected chi connectivity index (χ3v) is 2.35. The van der Waals surface area contributed by atoms with E-state index in [1.807, 2.05) is 28.8 Å². The van der Waals surface area contributed by atoms with Gasteiger partial charge in [0.2, 0.25) is 0 Å². The van der Waals surface area contributed by atoms with E-state index in [0.717, 1.165) is 5.65 Å². The van der Waals surface area contributed by atoms with Crippen molar-refractivity contribution in [2.24, 2.45) is 0 Å². The number of anilines is 1. The number of fused-ring (bicyclic) bond motifs is 1. The van der Waals surface area contributed by atoms with E-state index in [-0.39, 0.29) is 11.7 Å². The SMILES string of the molecule is O=C(Nc1cn2ccccc2n1)c1ccco1. The van der Waals surface area contributed by atoms with E-state index < -0.39 is 0 Å². The summed E-state index contributed by atoms with van der Waals surface area (Å²) in [6.45, 7) is 0. The Kier molecular flexibility index (Phi) is 2.15. The zero-order chi connectivity index (χ0) is 11.7. The van der Waals surface area contributed by atoms with Crippen LogP contribution in [0.1, 0.15) is 10.6 Å². The van der Waals surface area contributed by atoms with Gasteiger partial charge in [-0.2, -0.15) is 0 Å². The van der Waals surface area contributed by atoms with Gasteiger partial charge in [0.05, 0.1) is 12.5 Å². The molecule has 0 saturated carbocycles. The molecule has 0 saturated heterocycles. The number of nitrogens with one attached hydrogen (secondary N) is 1. The predicted octanol–water partition coefficient (Wildman–Crippen LogP) is 2.18. The van der Waals surface area contributed by atoms with Gasteiger partial charge in [0.1, 0.15) is 5.65 Å². The summed E-state index contributed by atoms with van der Waals surface area (Å²) in [5.41, 5.74) is 0.780. The van der Waals surface area contributed by atoms with E-state index in [0.29, 0.717) is 5.82 Å². The molecule has 0 aliphatic rings. The Morgan fingerprint density at radius 2 is 2.24 bits per heavy atom. The topological polar surface area (TPSA) is 59.5 Å². The van der Waals surface area contributed by atoms with E-state index in [9.17, 15) is 4.79 Å². The molecule has 0 fully saturated rings. The second-order valence-electron chi connectivity index (χ2n) is 3.52. The highest BCUT2D eigenvalue weighted by atomic mass is 16.3. The minimum atomic E-state index is -0.307. The monoisotopic (exact) mass is 227 g/mol. The molecule has 1 N–H and O–H groups in total. The fourth-order valence-corrected chi connectivity index (χ4v) is 1.58. The maximum absolute atomic E-state index is 11.7. The van der Waals surface area contributed by atoms with E-state index in [4.69, 9.17) is 4.42 Å². The van der Waals surface area contributed by atoms with Gasteiger partial charge in [-0.3, -0.25) is 4.79 Å². The first-order valence-electron chi connectivity index (χ1n) is 5.11. The molecule has 0 aliphatic carbocycles. The van der Waals surface area contributed by atoms with E-state index in [2.05, 4.69) is 10.3 Å². The molecule has 1 amide bonds. The summed E-state index contributed by atoms with van der Waals surface area (Å²) in [6.07, 6.45) is 5.07. The molecule has 0 atom stereocenters. The lowest BCUT2D eigenvalue weighted by Gasteiger charge is -1.96. The van der Waals surface area contributed by atoms with Crippen molar-refractivity contribution in [2.75, 3.05) is 5.32 Å². The van der Waals surface area contributed by atoms with Gasteiger partial charge in [-0.15, -0.1) is 0 Å². The largest absolute Gasteiger partial charge is 0.459 e. The fourth-order valence-electron chi connectivity index (χ4n) is 1.58. The zero-order valence-corrected chi connectivity index (χ0v) is 8.83. The van der Waals surface area contributed by atoms with Crippen molar-refractivity contribution in [1.29, 1.82) is 0 Å². The van der Waals surface area contributed by atoms with Crippen LogP contribution in [0.15, 0.2) is 53.4 Å². The molecule has 3 heterocycles.